The third kappa shape index (κ3) is 5.27. The summed E-state index contributed by atoms with van der Waals surface area (Å²) in [5.74, 6) is 0. The van der Waals surface area contributed by atoms with Crippen LogP contribution in [0.2, 0.25) is 0 Å². The van der Waals surface area contributed by atoms with Crippen LogP contribution in [-0.4, -0.2) is 19.5 Å². The van der Waals surface area contributed by atoms with Crippen molar-refractivity contribution in [3.8, 4) is 0 Å². The van der Waals surface area contributed by atoms with Gasteiger partial charge in [-0.2, -0.15) is 0 Å². The van der Waals surface area contributed by atoms with E-state index in [4.69, 9.17) is 9.47 Å². The first-order valence-electron chi connectivity index (χ1n) is 7.96. The first-order valence-corrected chi connectivity index (χ1v) is 7.96. The molecule has 2 nitrogen and oxygen atoms in total. The van der Waals surface area contributed by atoms with E-state index < -0.39 is 0 Å². The Kier molecular flexibility index (Phi) is 7.92. The van der Waals surface area contributed by atoms with E-state index in [-0.39, 0.29) is 11.7 Å². The molecule has 0 saturated carbocycles. The number of hydrogen-bond donors (Lipinski definition) is 0. The van der Waals surface area contributed by atoms with E-state index in [9.17, 15) is 0 Å². The molecular formula is C16H32O2. The van der Waals surface area contributed by atoms with Crippen molar-refractivity contribution in [1.29, 1.82) is 0 Å². The Morgan fingerprint density at radius 3 is 2.11 bits per heavy atom. The molecule has 1 rings (SSSR count). The molecule has 1 fully saturated rings. The van der Waals surface area contributed by atoms with Gasteiger partial charge in [0.1, 0.15) is 0 Å². The van der Waals surface area contributed by atoms with Crippen molar-refractivity contribution in [2.24, 2.45) is 5.41 Å². The first kappa shape index (κ1) is 16.0. The number of unbranched alkanes of at least 4 members (excludes halogenated alkanes) is 4. The van der Waals surface area contributed by atoms with Gasteiger partial charge in [-0.15, -0.1) is 0 Å². The smallest absolute Gasteiger partial charge is 0.162 e. The minimum Gasteiger partial charge on any atom is -0.352 e. The standard InChI is InChI=1S/C16H32O2/c1-4-6-8-9-12-16(3,11-7-5-2)15-17-13-10-14-18-15/h15H,4-14H2,1-3H3. The molecular weight excluding hydrogens is 224 g/mol. The van der Waals surface area contributed by atoms with Crippen molar-refractivity contribution in [2.75, 3.05) is 13.2 Å². The molecule has 0 aromatic carbocycles. The van der Waals surface area contributed by atoms with Crippen LogP contribution in [0.1, 0.15) is 78.6 Å². The molecule has 0 aromatic rings. The van der Waals surface area contributed by atoms with Gasteiger partial charge >= 0.3 is 0 Å². The maximum atomic E-state index is 5.87. The normalized spacial score (nSPS) is 20.8. The second kappa shape index (κ2) is 8.92. The molecule has 1 heterocycles. The molecule has 0 bridgehead atoms. The molecule has 0 amide bonds. The van der Waals surface area contributed by atoms with Crippen molar-refractivity contribution in [2.45, 2.75) is 84.8 Å². The maximum Gasteiger partial charge on any atom is 0.162 e. The molecule has 0 aromatic heterocycles. The van der Waals surface area contributed by atoms with Crippen LogP contribution in [0.3, 0.4) is 0 Å². The van der Waals surface area contributed by atoms with Gasteiger partial charge in [-0.25, -0.2) is 0 Å². The quantitative estimate of drug-likeness (QED) is 0.545. The van der Waals surface area contributed by atoms with E-state index in [1.165, 1.54) is 51.4 Å². The van der Waals surface area contributed by atoms with Crippen LogP contribution < -0.4 is 0 Å². The van der Waals surface area contributed by atoms with Gasteiger partial charge in [-0.1, -0.05) is 59.3 Å². The average Bonchev–Trinajstić information content (AvgIpc) is 2.42. The Balaban J connectivity index is 2.44. The van der Waals surface area contributed by atoms with Gasteiger partial charge in [-0.3, -0.25) is 0 Å². The second-order valence-corrected chi connectivity index (χ2v) is 6.00. The van der Waals surface area contributed by atoms with Crippen LogP contribution in [-0.2, 0) is 9.47 Å². The highest BCUT2D eigenvalue weighted by atomic mass is 16.7. The average molecular weight is 256 g/mol. The zero-order valence-corrected chi connectivity index (χ0v) is 12.7. The highest BCUT2D eigenvalue weighted by Gasteiger charge is 2.36. The summed E-state index contributed by atoms with van der Waals surface area (Å²) in [6.45, 7) is 8.65. The van der Waals surface area contributed by atoms with Crippen molar-refractivity contribution in [3.63, 3.8) is 0 Å². The maximum absolute atomic E-state index is 5.87. The predicted molar refractivity (Wildman–Crippen MR) is 76.7 cm³/mol. The van der Waals surface area contributed by atoms with Crippen LogP contribution >= 0.6 is 0 Å². The molecule has 1 aliphatic rings. The molecule has 1 unspecified atom stereocenters. The van der Waals surface area contributed by atoms with E-state index in [0.717, 1.165) is 19.6 Å². The summed E-state index contributed by atoms with van der Waals surface area (Å²) in [5.41, 5.74) is 0.226. The largest absolute Gasteiger partial charge is 0.352 e. The first-order chi connectivity index (χ1) is 8.73. The van der Waals surface area contributed by atoms with E-state index in [1.807, 2.05) is 0 Å². The molecule has 0 aliphatic carbocycles. The lowest BCUT2D eigenvalue weighted by atomic mass is 9.79. The van der Waals surface area contributed by atoms with E-state index in [0.29, 0.717) is 0 Å². The Morgan fingerprint density at radius 2 is 1.50 bits per heavy atom. The van der Waals surface area contributed by atoms with Crippen molar-refractivity contribution in [3.05, 3.63) is 0 Å². The SMILES string of the molecule is CCCCCCC(C)(CCCC)C1OCCCO1. The molecule has 2 heteroatoms. The lowest BCUT2D eigenvalue weighted by Crippen LogP contribution is -2.40. The van der Waals surface area contributed by atoms with Crippen LogP contribution in [0.5, 0.6) is 0 Å². The van der Waals surface area contributed by atoms with Crippen molar-refractivity contribution < 1.29 is 9.47 Å². The van der Waals surface area contributed by atoms with Gasteiger partial charge in [0.25, 0.3) is 0 Å². The van der Waals surface area contributed by atoms with Gasteiger partial charge in [0.15, 0.2) is 6.29 Å². The third-order valence-electron chi connectivity index (χ3n) is 4.10. The fourth-order valence-electron chi connectivity index (χ4n) is 2.79. The molecule has 0 radical (unpaired) electrons. The molecule has 1 atom stereocenters. The molecule has 1 aliphatic heterocycles. The number of hydrogen-bond acceptors (Lipinski definition) is 2. The summed E-state index contributed by atoms with van der Waals surface area (Å²) in [7, 11) is 0. The summed E-state index contributed by atoms with van der Waals surface area (Å²) < 4.78 is 11.7. The highest BCUT2D eigenvalue weighted by Crippen LogP contribution is 2.38. The van der Waals surface area contributed by atoms with Gasteiger partial charge in [0.05, 0.1) is 13.2 Å². The molecule has 108 valence electrons. The van der Waals surface area contributed by atoms with Gasteiger partial charge in [0, 0.05) is 5.41 Å². The van der Waals surface area contributed by atoms with Crippen LogP contribution in [0.4, 0.5) is 0 Å². The minimum atomic E-state index is 0.0411. The van der Waals surface area contributed by atoms with Crippen molar-refractivity contribution >= 4 is 0 Å². The summed E-state index contributed by atoms with van der Waals surface area (Å²) in [6, 6.07) is 0. The molecule has 0 spiro atoms. The minimum absolute atomic E-state index is 0.0411. The van der Waals surface area contributed by atoms with Crippen molar-refractivity contribution in [1.82, 2.24) is 0 Å². The van der Waals surface area contributed by atoms with Crippen LogP contribution in [0, 0.1) is 5.41 Å². The van der Waals surface area contributed by atoms with Gasteiger partial charge < -0.3 is 9.47 Å². The summed E-state index contributed by atoms with van der Waals surface area (Å²) in [4.78, 5) is 0. The lowest BCUT2D eigenvalue weighted by molar-refractivity contribution is -0.236. The zero-order chi connectivity index (χ0) is 13.3. The molecule has 18 heavy (non-hydrogen) atoms. The predicted octanol–water partition coefficient (Wildman–Crippen LogP) is 4.92. The topological polar surface area (TPSA) is 18.5 Å². The molecule has 0 N–H and O–H groups in total. The van der Waals surface area contributed by atoms with E-state index >= 15 is 0 Å². The fraction of sp³-hybridized carbons (Fsp3) is 1.00. The monoisotopic (exact) mass is 256 g/mol. The van der Waals surface area contributed by atoms with Gasteiger partial charge in [-0.05, 0) is 19.3 Å². The Labute approximate surface area is 113 Å². The van der Waals surface area contributed by atoms with Crippen LogP contribution in [0.15, 0.2) is 0 Å². The van der Waals surface area contributed by atoms with Crippen LogP contribution in [0.25, 0.3) is 0 Å². The zero-order valence-electron chi connectivity index (χ0n) is 12.7. The Bertz CT molecular complexity index is 199. The summed E-state index contributed by atoms with van der Waals surface area (Å²) >= 11 is 0. The van der Waals surface area contributed by atoms with E-state index in [2.05, 4.69) is 20.8 Å². The summed E-state index contributed by atoms with van der Waals surface area (Å²) in [6.07, 6.45) is 11.5. The Morgan fingerprint density at radius 1 is 0.889 bits per heavy atom. The second-order valence-electron chi connectivity index (χ2n) is 6.00. The van der Waals surface area contributed by atoms with E-state index in [1.54, 1.807) is 0 Å². The highest BCUT2D eigenvalue weighted by molar-refractivity contribution is 4.79. The molecule has 1 saturated heterocycles. The summed E-state index contributed by atoms with van der Waals surface area (Å²) in [5, 5.41) is 0. The fourth-order valence-corrected chi connectivity index (χ4v) is 2.79. The Hall–Kier alpha value is -0.0800. The lowest BCUT2D eigenvalue weighted by Gasteiger charge is -2.39. The van der Waals surface area contributed by atoms with Gasteiger partial charge in [0.2, 0.25) is 0 Å². The third-order valence-corrected chi connectivity index (χ3v) is 4.10. The number of rotatable bonds is 9. The number of ether oxygens (including phenoxy) is 2.